The van der Waals surface area contributed by atoms with E-state index < -0.39 is 21.7 Å². The molecule has 6 heteroatoms. The topological polar surface area (TPSA) is 80.7 Å². The molecule has 1 atom stereocenters. The van der Waals surface area contributed by atoms with Gasteiger partial charge >= 0.3 is 5.97 Å². The maximum atomic E-state index is 11.4. The number of rotatable bonds is 4. The Hall–Kier alpha value is -1.56. The Kier molecular flexibility index (Phi) is 3.77. The molecule has 0 amide bonds. The summed E-state index contributed by atoms with van der Waals surface area (Å²) >= 11 is 0. The van der Waals surface area contributed by atoms with Crippen molar-refractivity contribution in [3.05, 3.63) is 23.8 Å². The van der Waals surface area contributed by atoms with Crippen molar-refractivity contribution in [1.29, 1.82) is 0 Å². The Morgan fingerprint density at radius 1 is 1.41 bits per heavy atom. The molecule has 5 nitrogen and oxygen atoms in total. The molecule has 0 spiro atoms. The molecule has 0 aliphatic rings. The third-order valence-corrected chi connectivity index (χ3v) is 3.59. The third kappa shape index (κ3) is 2.97. The summed E-state index contributed by atoms with van der Waals surface area (Å²) in [4.78, 5) is 10.9. The van der Waals surface area contributed by atoms with Gasteiger partial charge in [-0.15, -0.1) is 0 Å². The van der Waals surface area contributed by atoms with Gasteiger partial charge in [-0.2, -0.15) is 0 Å². The van der Waals surface area contributed by atoms with Gasteiger partial charge in [0, 0.05) is 6.26 Å². The van der Waals surface area contributed by atoms with Crippen LogP contribution in [0.3, 0.4) is 0 Å². The molecule has 1 rings (SSSR count). The Morgan fingerprint density at radius 2 is 2.00 bits per heavy atom. The van der Waals surface area contributed by atoms with Crippen molar-refractivity contribution in [3.8, 4) is 5.75 Å². The van der Waals surface area contributed by atoms with Crippen molar-refractivity contribution in [2.24, 2.45) is 0 Å². The van der Waals surface area contributed by atoms with E-state index in [9.17, 15) is 13.2 Å². The molecular weight excluding hydrogens is 244 g/mol. The Labute approximate surface area is 100.0 Å². The van der Waals surface area contributed by atoms with E-state index in [0.29, 0.717) is 5.56 Å². The van der Waals surface area contributed by atoms with Gasteiger partial charge in [-0.1, -0.05) is 6.07 Å². The van der Waals surface area contributed by atoms with Gasteiger partial charge < -0.3 is 9.84 Å². The quantitative estimate of drug-likeness (QED) is 0.880. The molecule has 0 heterocycles. The lowest BCUT2D eigenvalue weighted by molar-refractivity contribution is -0.138. The number of methoxy groups -OCH3 is 1. The maximum absolute atomic E-state index is 11.4. The minimum absolute atomic E-state index is 0.0568. The van der Waals surface area contributed by atoms with Gasteiger partial charge in [0.2, 0.25) is 0 Å². The molecule has 0 aliphatic heterocycles. The molecule has 0 saturated heterocycles. The number of benzene rings is 1. The zero-order chi connectivity index (χ0) is 13.2. The number of aliphatic carboxylic acids is 1. The highest BCUT2D eigenvalue weighted by atomic mass is 32.2. The summed E-state index contributed by atoms with van der Waals surface area (Å²) in [6, 6.07) is 4.29. The number of carbonyl (C=O) groups is 1. The number of hydrogen-bond acceptors (Lipinski definition) is 4. The molecule has 0 radical (unpaired) electrons. The lowest BCUT2D eigenvalue weighted by Gasteiger charge is -2.11. The predicted octanol–water partition coefficient (Wildman–Crippen LogP) is 1.29. The van der Waals surface area contributed by atoms with Crippen molar-refractivity contribution in [3.63, 3.8) is 0 Å². The number of hydrogen-bond donors (Lipinski definition) is 1. The Morgan fingerprint density at radius 3 is 2.41 bits per heavy atom. The Balaban J connectivity index is 3.32. The van der Waals surface area contributed by atoms with Crippen molar-refractivity contribution >= 4 is 15.8 Å². The summed E-state index contributed by atoms with van der Waals surface area (Å²) in [7, 11) is -2.03. The van der Waals surface area contributed by atoms with Gasteiger partial charge in [0.25, 0.3) is 0 Å². The zero-order valence-electron chi connectivity index (χ0n) is 9.80. The SMILES string of the molecule is COc1cc(C(C)C(=O)O)ccc1S(C)(=O)=O. The number of carboxylic acids is 1. The molecule has 17 heavy (non-hydrogen) atoms. The minimum Gasteiger partial charge on any atom is -0.495 e. The highest BCUT2D eigenvalue weighted by molar-refractivity contribution is 7.90. The van der Waals surface area contributed by atoms with Gasteiger partial charge in [-0.3, -0.25) is 4.79 Å². The standard InChI is InChI=1S/C11H14O5S/c1-7(11(12)13)8-4-5-10(17(3,14)15)9(6-8)16-2/h4-7H,1-3H3,(H,12,13). The molecule has 1 N–H and O–H groups in total. The molecule has 0 saturated carbocycles. The summed E-state index contributed by atoms with van der Waals surface area (Å²) in [5.74, 6) is -1.52. The average Bonchev–Trinajstić information content (AvgIpc) is 2.25. The summed E-state index contributed by atoms with van der Waals surface area (Å²) in [6.07, 6.45) is 1.07. The van der Waals surface area contributed by atoms with Crippen LogP contribution in [0.5, 0.6) is 5.75 Å². The van der Waals surface area contributed by atoms with Crippen LogP contribution in [0.4, 0.5) is 0 Å². The van der Waals surface area contributed by atoms with Crippen LogP contribution in [0.2, 0.25) is 0 Å². The second kappa shape index (κ2) is 4.75. The molecule has 94 valence electrons. The van der Waals surface area contributed by atoms with Crippen LogP contribution in [0.15, 0.2) is 23.1 Å². The fourth-order valence-corrected chi connectivity index (χ4v) is 2.23. The molecule has 0 bridgehead atoms. The number of carboxylic acid groups (broad SMARTS) is 1. The lowest BCUT2D eigenvalue weighted by Crippen LogP contribution is -2.08. The van der Waals surface area contributed by atoms with Crippen molar-refractivity contribution in [2.45, 2.75) is 17.7 Å². The van der Waals surface area contributed by atoms with Crippen LogP contribution in [0.25, 0.3) is 0 Å². The van der Waals surface area contributed by atoms with Crippen LogP contribution in [0.1, 0.15) is 18.4 Å². The van der Waals surface area contributed by atoms with Crippen molar-refractivity contribution in [2.75, 3.05) is 13.4 Å². The molecule has 0 aromatic heterocycles. The molecule has 1 aromatic rings. The summed E-state index contributed by atoms with van der Waals surface area (Å²) in [5, 5.41) is 8.87. The molecule has 1 unspecified atom stereocenters. The van der Waals surface area contributed by atoms with Crippen LogP contribution < -0.4 is 4.74 Å². The van der Waals surface area contributed by atoms with Gasteiger partial charge in [-0.25, -0.2) is 8.42 Å². The first-order valence-corrected chi connectivity index (χ1v) is 6.77. The highest BCUT2D eigenvalue weighted by Gasteiger charge is 2.19. The van der Waals surface area contributed by atoms with Crippen LogP contribution in [-0.2, 0) is 14.6 Å². The van der Waals surface area contributed by atoms with Crippen LogP contribution >= 0.6 is 0 Å². The fraction of sp³-hybridized carbons (Fsp3) is 0.364. The minimum atomic E-state index is -3.38. The van der Waals surface area contributed by atoms with Crippen molar-refractivity contribution in [1.82, 2.24) is 0 Å². The monoisotopic (exact) mass is 258 g/mol. The van der Waals surface area contributed by atoms with Gasteiger partial charge in [0.05, 0.1) is 13.0 Å². The largest absolute Gasteiger partial charge is 0.495 e. The van der Waals surface area contributed by atoms with Gasteiger partial charge in [0.1, 0.15) is 10.6 Å². The summed E-state index contributed by atoms with van der Waals surface area (Å²) < 4.78 is 27.8. The normalized spacial score (nSPS) is 13.1. The average molecular weight is 258 g/mol. The molecule has 1 aromatic carbocycles. The van der Waals surface area contributed by atoms with E-state index in [1.54, 1.807) is 0 Å². The van der Waals surface area contributed by atoms with E-state index in [-0.39, 0.29) is 10.6 Å². The van der Waals surface area contributed by atoms with Crippen LogP contribution in [-0.4, -0.2) is 32.9 Å². The number of ether oxygens (including phenoxy) is 1. The fourth-order valence-electron chi connectivity index (χ4n) is 1.40. The van der Waals surface area contributed by atoms with Crippen molar-refractivity contribution < 1.29 is 23.1 Å². The van der Waals surface area contributed by atoms with Gasteiger partial charge in [-0.05, 0) is 24.6 Å². The van der Waals surface area contributed by atoms with Gasteiger partial charge in [0.15, 0.2) is 9.84 Å². The zero-order valence-corrected chi connectivity index (χ0v) is 10.6. The third-order valence-electron chi connectivity index (χ3n) is 2.46. The lowest BCUT2D eigenvalue weighted by atomic mass is 10.0. The molecule has 0 fully saturated rings. The van der Waals surface area contributed by atoms with E-state index in [1.807, 2.05) is 0 Å². The smallest absolute Gasteiger partial charge is 0.310 e. The highest BCUT2D eigenvalue weighted by Crippen LogP contribution is 2.28. The van der Waals surface area contributed by atoms with E-state index in [0.717, 1.165) is 6.26 Å². The Bertz CT molecular complexity index is 533. The first kappa shape index (κ1) is 13.5. The first-order valence-electron chi connectivity index (χ1n) is 4.88. The van der Waals surface area contributed by atoms with E-state index in [4.69, 9.17) is 9.84 Å². The first-order chi connectivity index (χ1) is 7.77. The summed E-state index contributed by atoms with van der Waals surface area (Å²) in [5.41, 5.74) is 0.502. The molecular formula is C11H14O5S. The van der Waals surface area contributed by atoms with Crippen LogP contribution in [0, 0.1) is 0 Å². The summed E-state index contributed by atoms with van der Waals surface area (Å²) in [6.45, 7) is 1.53. The predicted molar refractivity (Wildman–Crippen MR) is 62.2 cm³/mol. The maximum Gasteiger partial charge on any atom is 0.310 e. The second-order valence-corrected chi connectivity index (χ2v) is 5.73. The number of sulfone groups is 1. The van der Waals surface area contributed by atoms with E-state index >= 15 is 0 Å². The second-order valence-electron chi connectivity index (χ2n) is 3.74. The molecule has 0 aliphatic carbocycles. The van der Waals surface area contributed by atoms with E-state index in [1.165, 1.54) is 32.2 Å². The van der Waals surface area contributed by atoms with E-state index in [2.05, 4.69) is 0 Å².